The maximum atomic E-state index is 12.4. The van der Waals surface area contributed by atoms with E-state index in [4.69, 9.17) is 0 Å². The zero-order valence-corrected chi connectivity index (χ0v) is 12.3. The quantitative estimate of drug-likeness (QED) is 0.909. The summed E-state index contributed by atoms with van der Waals surface area (Å²) in [6, 6.07) is 8.20. The van der Waals surface area contributed by atoms with Crippen LogP contribution in [-0.2, 0) is 24.1 Å². The lowest BCUT2D eigenvalue weighted by atomic mass is 10.2. The molecule has 0 aliphatic heterocycles. The monoisotopic (exact) mass is 361 g/mol. The van der Waals surface area contributed by atoms with Gasteiger partial charge in [0.1, 0.15) is 6.54 Å². The molecule has 1 N–H and O–H groups in total. The van der Waals surface area contributed by atoms with Gasteiger partial charge in [0.05, 0.1) is 0 Å². The van der Waals surface area contributed by atoms with E-state index in [0.717, 1.165) is 27.0 Å². The largest absolute Gasteiger partial charge is 0.435 e. The highest BCUT2D eigenvalue weighted by molar-refractivity contribution is 9.10. The van der Waals surface area contributed by atoms with Crippen LogP contribution in [0.1, 0.15) is 11.3 Å². The Morgan fingerprint density at radius 1 is 1.33 bits per heavy atom. The lowest BCUT2D eigenvalue weighted by Crippen LogP contribution is -2.27. The number of hydrogen-bond acceptors (Lipinski definition) is 2. The number of rotatable bonds is 4. The van der Waals surface area contributed by atoms with E-state index in [1.54, 1.807) is 0 Å². The van der Waals surface area contributed by atoms with Gasteiger partial charge in [0, 0.05) is 17.2 Å². The fourth-order valence-electron chi connectivity index (χ4n) is 1.65. The fourth-order valence-corrected chi connectivity index (χ4v) is 2.10. The van der Waals surface area contributed by atoms with Crippen molar-refractivity contribution in [1.29, 1.82) is 0 Å². The van der Waals surface area contributed by atoms with E-state index >= 15 is 0 Å². The molecule has 0 saturated heterocycles. The van der Waals surface area contributed by atoms with Gasteiger partial charge in [0.2, 0.25) is 5.91 Å². The molecular weight excluding hydrogens is 351 g/mol. The van der Waals surface area contributed by atoms with Gasteiger partial charge in [-0.2, -0.15) is 18.3 Å². The summed E-state index contributed by atoms with van der Waals surface area (Å²) in [6.07, 6.45) is -3.38. The highest BCUT2D eigenvalue weighted by Crippen LogP contribution is 2.27. The Morgan fingerprint density at radius 2 is 2.10 bits per heavy atom. The van der Waals surface area contributed by atoms with Gasteiger partial charge in [-0.1, -0.05) is 28.1 Å². The van der Waals surface area contributed by atoms with Gasteiger partial charge in [-0.25, -0.2) is 0 Å². The zero-order chi connectivity index (χ0) is 15.5. The van der Waals surface area contributed by atoms with Crippen molar-refractivity contribution in [3.05, 3.63) is 52.3 Å². The van der Waals surface area contributed by atoms with Gasteiger partial charge in [-0.15, -0.1) is 0 Å². The molecule has 2 rings (SSSR count). The molecule has 2 aromatic rings. The van der Waals surface area contributed by atoms with E-state index in [1.165, 1.54) is 0 Å². The predicted octanol–water partition coefficient (Wildman–Crippen LogP) is 2.98. The van der Waals surface area contributed by atoms with Crippen LogP contribution in [0.25, 0.3) is 0 Å². The van der Waals surface area contributed by atoms with Gasteiger partial charge in [0.25, 0.3) is 0 Å². The van der Waals surface area contributed by atoms with Gasteiger partial charge in [-0.3, -0.25) is 9.48 Å². The van der Waals surface area contributed by atoms with Crippen molar-refractivity contribution >= 4 is 21.8 Å². The van der Waals surface area contributed by atoms with Crippen molar-refractivity contribution in [3.63, 3.8) is 0 Å². The van der Waals surface area contributed by atoms with Crippen molar-refractivity contribution < 1.29 is 18.0 Å². The maximum Gasteiger partial charge on any atom is 0.435 e. The molecular formula is C13H11BrF3N3O. The van der Waals surface area contributed by atoms with Crippen LogP contribution in [0.2, 0.25) is 0 Å². The first kappa shape index (κ1) is 15.6. The van der Waals surface area contributed by atoms with Crippen LogP contribution in [0.3, 0.4) is 0 Å². The van der Waals surface area contributed by atoms with E-state index < -0.39 is 17.8 Å². The van der Waals surface area contributed by atoms with Crippen molar-refractivity contribution in [2.75, 3.05) is 0 Å². The third-order valence-corrected chi connectivity index (χ3v) is 3.11. The number of amides is 1. The molecule has 0 saturated carbocycles. The number of carbonyl (C=O) groups excluding carboxylic acids is 1. The second-order valence-corrected chi connectivity index (χ2v) is 5.22. The highest BCUT2D eigenvalue weighted by atomic mass is 79.9. The number of halogens is 4. The Bertz CT molecular complexity index is 640. The average Bonchev–Trinajstić information content (AvgIpc) is 2.85. The number of alkyl halides is 3. The number of benzene rings is 1. The number of carbonyl (C=O) groups is 1. The lowest BCUT2D eigenvalue weighted by Gasteiger charge is -2.06. The van der Waals surface area contributed by atoms with Crippen LogP contribution in [0, 0.1) is 0 Å². The first-order valence-corrected chi connectivity index (χ1v) is 6.76. The second kappa shape index (κ2) is 6.30. The third-order valence-electron chi connectivity index (χ3n) is 2.62. The standard InChI is InChI=1S/C13H11BrF3N3O/c14-10-3-1-2-9(6-10)7-18-12(21)8-20-5-4-11(19-20)13(15,16)17/h1-6H,7-8H2,(H,18,21). The molecule has 0 aliphatic carbocycles. The second-order valence-electron chi connectivity index (χ2n) is 4.30. The van der Waals surface area contributed by atoms with Crippen molar-refractivity contribution in [2.24, 2.45) is 0 Å². The van der Waals surface area contributed by atoms with Crippen LogP contribution < -0.4 is 5.32 Å². The molecule has 0 unspecified atom stereocenters. The summed E-state index contributed by atoms with van der Waals surface area (Å²) in [6.45, 7) is 0.0375. The summed E-state index contributed by atoms with van der Waals surface area (Å²) in [4.78, 5) is 11.7. The third kappa shape index (κ3) is 4.59. The summed E-state index contributed by atoms with van der Waals surface area (Å²) in [5.74, 6) is -0.410. The SMILES string of the molecule is O=C(Cn1ccc(C(F)(F)F)n1)NCc1cccc(Br)c1. The molecule has 112 valence electrons. The van der Waals surface area contributed by atoms with E-state index in [2.05, 4.69) is 26.3 Å². The first-order chi connectivity index (χ1) is 9.84. The summed E-state index contributed by atoms with van der Waals surface area (Å²) in [5, 5.41) is 5.93. The molecule has 1 amide bonds. The first-order valence-electron chi connectivity index (χ1n) is 5.96. The van der Waals surface area contributed by atoms with Gasteiger partial charge in [0.15, 0.2) is 5.69 Å². The molecule has 0 atom stereocenters. The summed E-state index contributed by atoms with van der Waals surface area (Å²) >= 11 is 3.31. The van der Waals surface area contributed by atoms with Crippen molar-refractivity contribution in [3.8, 4) is 0 Å². The lowest BCUT2D eigenvalue weighted by molar-refractivity contribution is -0.141. The van der Waals surface area contributed by atoms with Crippen LogP contribution in [-0.4, -0.2) is 15.7 Å². The minimum atomic E-state index is -4.50. The Hall–Kier alpha value is -1.83. The van der Waals surface area contributed by atoms with E-state index in [-0.39, 0.29) is 6.54 Å². The van der Waals surface area contributed by atoms with E-state index in [0.29, 0.717) is 6.54 Å². The summed E-state index contributed by atoms with van der Waals surface area (Å²) in [7, 11) is 0. The Morgan fingerprint density at radius 3 is 2.71 bits per heavy atom. The summed E-state index contributed by atoms with van der Waals surface area (Å²) in [5.41, 5.74) is -0.128. The van der Waals surface area contributed by atoms with Crippen LogP contribution >= 0.6 is 15.9 Å². The van der Waals surface area contributed by atoms with E-state index in [1.807, 2.05) is 24.3 Å². The Labute approximate surface area is 127 Å². The van der Waals surface area contributed by atoms with Crippen molar-refractivity contribution in [1.82, 2.24) is 15.1 Å². The molecule has 0 radical (unpaired) electrons. The molecule has 8 heteroatoms. The number of nitrogens with one attached hydrogen (secondary N) is 1. The number of hydrogen-bond donors (Lipinski definition) is 1. The van der Waals surface area contributed by atoms with Crippen LogP contribution in [0.4, 0.5) is 13.2 Å². The van der Waals surface area contributed by atoms with E-state index in [9.17, 15) is 18.0 Å². The normalized spacial score (nSPS) is 11.4. The number of aromatic nitrogens is 2. The van der Waals surface area contributed by atoms with Crippen LogP contribution in [0.5, 0.6) is 0 Å². The number of nitrogens with zero attached hydrogens (tertiary/aromatic N) is 2. The molecule has 1 aromatic carbocycles. The smallest absolute Gasteiger partial charge is 0.350 e. The topological polar surface area (TPSA) is 46.9 Å². The molecule has 4 nitrogen and oxygen atoms in total. The molecule has 0 fully saturated rings. The molecule has 1 aromatic heterocycles. The highest BCUT2D eigenvalue weighted by Gasteiger charge is 2.33. The minimum Gasteiger partial charge on any atom is -0.350 e. The molecule has 0 spiro atoms. The average molecular weight is 362 g/mol. The Balaban J connectivity index is 1.89. The van der Waals surface area contributed by atoms with Crippen molar-refractivity contribution in [2.45, 2.75) is 19.3 Å². The van der Waals surface area contributed by atoms with Gasteiger partial charge < -0.3 is 5.32 Å². The molecule has 21 heavy (non-hydrogen) atoms. The maximum absolute atomic E-state index is 12.4. The fraction of sp³-hybridized carbons (Fsp3) is 0.231. The molecule has 0 bridgehead atoms. The molecule has 0 aliphatic rings. The Kier molecular flexibility index (Phi) is 4.66. The minimum absolute atomic E-state index is 0.260. The zero-order valence-electron chi connectivity index (χ0n) is 10.7. The van der Waals surface area contributed by atoms with Crippen LogP contribution in [0.15, 0.2) is 41.0 Å². The molecule has 1 heterocycles. The predicted molar refractivity (Wildman–Crippen MR) is 73.2 cm³/mol. The van der Waals surface area contributed by atoms with Gasteiger partial charge >= 0.3 is 6.18 Å². The summed E-state index contributed by atoms with van der Waals surface area (Å²) < 4.78 is 38.9. The van der Waals surface area contributed by atoms with Gasteiger partial charge in [-0.05, 0) is 23.8 Å².